The van der Waals surface area contributed by atoms with Crippen LogP contribution in [0.5, 0.6) is 0 Å². The number of thiazole rings is 1. The largest absolute Gasteiger partial charge is 0.369 e. The summed E-state index contributed by atoms with van der Waals surface area (Å²) in [6.45, 7) is 4.00. The van der Waals surface area contributed by atoms with Gasteiger partial charge in [-0.15, -0.1) is 11.3 Å². The molecule has 0 spiro atoms. The Morgan fingerprint density at radius 2 is 2.05 bits per heavy atom. The third-order valence-corrected chi connectivity index (χ3v) is 5.39. The lowest BCUT2D eigenvalue weighted by Gasteiger charge is -2.34. The van der Waals surface area contributed by atoms with Crippen LogP contribution >= 0.6 is 11.3 Å². The Labute approximate surface area is 130 Å². The van der Waals surface area contributed by atoms with Crippen LogP contribution in [0.4, 0.5) is 0 Å². The Bertz CT molecular complexity index is 609. The van der Waals surface area contributed by atoms with Crippen molar-refractivity contribution < 1.29 is 4.74 Å². The van der Waals surface area contributed by atoms with Crippen LogP contribution in [0.1, 0.15) is 23.9 Å². The number of hydrogen-bond donors (Lipinski definition) is 0. The van der Waals surface area contributed by atoms with Crippen molar-refractivity contribution in [3.63, 3.8) is 0 Å². The van der Waals surface area contributed by atoms with E-state index in [1.54, 1.807) is 11.3 Å². The Morgan fingerprint density at radius 3 is 2.76 bits per heavy atom. The minimum Gasteiger partial charge on any atom is -0.369 e. The van der Waals surface area contributed by atoms with Crippen molar-refractivity contribution in [3.05, 3.63) is 40.9 Å². The third kappa shape index (κ3) is 3.03. The first-order chi connectivity index (χ1) is 10.1. The van der Waals surface area contributed by atoms with Crippen molar-refractivity contribution in [2.75, 3.05) is 27.2 Å². The zero-order valence-electron chi connectivity index (χ0n) is 12.9. The summed E-state index contributed by atoms with van der Waals surface area (Å²) in [4.78, 5) is 8.39. The van der Waals surface area contributed by atoms with Crippen LogP contribution in [-0.2, 0) is 16.8 Å². The summed E-state index contributed by atoms with van der Waals surface area (Å²) in [5, 5.41) is 1.11. The van der Waals surface area contributed by atoms with Gasteiger partial charge >= 0.3 is 0 Å². The number of fused-ring (bicyclic) bond motifs is 1. The van der Waals surface area contributed by atoms with Crippen LogP contribution in [0.25, 0.3) is 10.6 Å². The monoisotopic (exact) mass is 302 g/mol. The van der Waals surface area contributed by atoms with Gasteiger partial charge in [0.05, 0.1) is 17.2 Å². The molecule has 21 heavy (non-hydrogen) atoms. The normalized spacial score (nSPS) is 21.5. The first kappa shape index (κ1) is 14.7. The van der Waals surface area contributed by atoms with E-state index in [9.17, 15) is 0 Å². The Hall–Kier alpha value is -1.23. The van der Waals surface area contributed by atoms with E-state index in [2.05, 4.69) is 50.2 Å². The van der Waals surface area contributed by atoms with E-state index < -0.39 is 0 Å². The highest BCUT2D eigenvalue weighted by molar-refractivity contribution is 7.15. The van der Waals surface area contributed by atoms with E-state index in [1.165, 1.54) is 16.1 Å². The summed E-state index contributed by atoms with van der Waals surface area (Å²) in [5.74, 6) is 0. The quantitative estimate of drug-likeness (QED) is 0.863. The molecule has 1 aliphatic rings. The summed E-state index contributed by atoms with van der Waals surface area (Å²) in [6, 6.07) is 10.4. The van der Waals surface area contributed by atoms with Gasteiger partial charge in [-0.2, -0.15) is 0 Å². The predicted molar refractivity (Wildman–Crippen MR) is 87.7 cm³/mol. The Balaban J connectivity index is 1.93. The number of rotatable bonds is 4. The molecule has 1 unspecified atom stereocenters. The van der Waals surface area contributed by atoms with Crippen LogP contribution in [-0.4, -0.2) is 37.1 Å². The molecule has 0 fully saturated rings. The number of benzene rings is 1. The zero-order valence-corrected chi connectivity index (χ0v) is 13.7. The third-order valence-electron chi connectivity index (χ3n) is 3.99. The van der Waals surface area contributed by atoms with Gasteiger partial charge < -0.3 is 9.64 Å². The summed E-state index contributed by atoms with van der Waals surface area (Å²) in [6.07, 6.45) is 1.93. The standard InChI is InChI=1S/C17H22N2OS/c1-17(10-11-19(2)3)15-14(9-12-20-17)18-16(21-15)13-7-5-4-6-8-13/h4-8H,9-12H2,1-3H3. The number of aromatic nitrogens is 1. The van der Waals surface area contributed by atoms with Crippen molar-refractivity contribution in [2.45, 2.75) is 25.4 Å². The van der Waals surface area contributed by atoms with Gasteiger partial charge in [0.1, 0.15) is 10.6 Å². The highest BCUT2D eigenvalue weighted by atomic mass is 32.1. The average molecular weight is 302 g/mol. The maximum absolute atomic E-state index is 6.14. The lowest BCUT2D eigenvalue weighted by atomic mass is 9.95. The minimum absolute atomic E-state index is 0.192. The molecule has 0 saturated heterocycles. The maximum atomic E-state index is 6.14. The Morgan fingerprint density at radius 1 is 1.29 bits per heavy atom. The zero-order chi connectivity index (χ0) is 14.9. The molecule has 3 rings (SSSR count). The fraction of sp³-hybridized carbons (Fsp3) is 0.471. The molecule has 0 bridgehead atoms. The first-order valence-electron chi connectivity index (χ1n) is 7.43. The van der Waals surface area contributed by atoms with Crippen molar-refractivity contribution in [1.29, 1.82) is 0 Å². The first-order valence-corrected chi connectivity index (χ1v) is 8.24. The molecule has 0 saturated carbocycles. The highest BCUT2D eigenvalue weighted by Crippen LogP contribution is 2.42. The molecule has 1 aliphatic heterocycles. The van der Waals surface area contributed by atoms with E-state index in [0.717, 1.165) is 31.0 Å². The lowest BCUT2D eigenvalue weighted by Crippen LogP contribution is -2.34. The molecule has 2 heterocycles. The highest BCUT2D eigenvalue weighted by Gasteiger charge is 2.36. The molecular formula is C17H22N2OS. The van der Waals surface area contributed by atoms with E-state index in [-0.39, 0.29) is 5.60 Å². The molecule has 0 amide bonds. The minimum atomic E-state index is -0.192. The van der Waals surface area contributed by atoms with Crippen molar-refractivity contribution in [1.82, 2.24) is 9.88 Å². The summed E-state index contributed by atoms with van der Waals surface area (Å²) < 4.78 is 6.14. The summed E-state index contributed by atoms with van der Waals surface area (Å²) in [5.41, 5.74) is 2.24. The molecule has 1 aromatic carbocycles. The van der Waals surface area contributed by atoms with Gasteiger partial charge in [-0.25, -0.2) is 4.98 Å². The SMILES string of the molecule is CN(C)CCC1(C)OCCc2nc(-c3ccccc3)sc21. The van der Waals surface area contributed by atoms with Crippen LogP contribution in [0.2, 0.25) is 0 Å². The van der Waals surface area contributed by atoms with Crippen LogP contribution < -0.4 is 0 Å². The smallest absolute Gasteiger partial charge is 0.123 e. The maximum Gasteiger partial charge on any atom is 0.123 e. The van der Waals surface area contributed by atoms with Gasteiger partial charge in [-0.05, 0) is 27.4 Å². The van der Waals surface area contributed by atoms with Crippen molar-refractivity contribution in [3.8, 4) is 10.6 Å². The molecular weight excluding hydrogens is 280 g/mol. The molecule has 0 radical (unpaired) electrons. The van der Waals surface area contributed by atoms with Gasteiger partial charge in [0.2, 0.25) is 0 Å². The molecule has 2 aromatic rings. The fourth-order valence-corrected chi connectivity index (χ4v) is 3.95. The van der Waals surface area contributed by atoms with Crippen LogP contribution in [0.3, 0.4) is 0 Å². The number of hydrogen-bond acceptors (Lipinski definition) is 4. The molecule has 1 aromatic heterocycles. The van der Waals surface area contributed by atoms with Crippen LogP contribution in [0, 0.1) is 0 Å². The summed E-state index contributed by atoms with van der Waals surface area (Å²) >= 11 is 1.79. The topological polar surface area (TPSA) is 25.4 Å². The molecule has 112 valence electrons. The van der Waals surface area contributed by atoms with E-state index in [0.29, 0.717) is 0 Å². The van der Waals surface area contributed by atoms with Gasteiger partial charge in [0.15, 0.2) is 0 Å². The van der Waals surface area contributed by atoms with E-state index in [4.69, 9.17) is 9.72 Å². The second-order valence-electron chi connectivity index (χ2n) is 6.04. The van der Waals surface area contributed by atoms with Crippen molar-refractivity contribution in [2.24, 2.45) is 0 Å². The van der Waals surface area contributed by atoms with Gasteiger partial charge in [0, 0.05) is 18.5 Å². The number of nitrogens with zero attached hydrogens (tertiary/aromatic N) is 2. The average Bonchev–Trinajstić information content (AvgIpc) is 2.92. The molecule has 4 heteroatoms. The van der Waals surface area contributed by atoms with Gasteiger partial charge in [-0.3, -0.25) is 0 Å². The molecule has 3 nitrogen and oxygen atoms in total. The second kappa shape index (κ2) is 5.87. The molecule has 0 aliphatic carbocycles. The lowest BCUT2D eigenvalue weighted by molar-refractivity contribution is -0.0530. The van der Waals surface area contributed by atoms with Gasteiger partial charge in [-0.1, -0.05) is 30.3 Å². The van der Waals surface area contributed by atoms with Crippen LogP contribution in [0.15, 0.2) is 30.3 Å². The Kier molecular flexibility index (Phi) is 4.11. The molecule has 0 N–H and O–H groups in total. The molecule has 1 atom stereocenters. The number of ether oxygens (including phenoxy) is 1. The summed E-state index contributed by atoms with van der Waals surface area (Å²) in [7, 11) is 4.21. The van der Waals surface area contributed by atoms with E-state index >= 15 is 0 Å². The fourth-order valence-electron chi connectivity index (χ4n) is 2.70. The second-order valence-corrected chi connectivity index (χ2v) is 7.04. The van der Waals surface area contributed by atoms with Crippen molar-refractivity contribution >= 4 is 11.3 Å². The predicted octanol–water partition coefficient (Wildman–Crippen LogP) is 3.55. The van der Waals surface area contributed by atoms with E-state index in [1.807, 2.05) is 6.07 Å². The van der Waals surface area contributed by atoms with Gasteiger partial charge in [0.25, 0.3) is 0 Å².